The van der Waals surface area contributed by atoms with E-state index in [2.05, 4.69) is 10.3 Å². The third-order valence-corrected chi connectivity index (χ3v) is 7.41. The largest absolute Gasteiger partial charge is 0.496 e. The summed E-state index contributed by atoms with van der Waals surface area (Å²) in [4.78, 5) is 32.2. The van der Waals surface area contributed by atoms with Crippen molar-refractivity contribution in [1.29, 1.82) is 0 Å². The van der Waals surface area contributed by atoms with Gasteiger partial charge >= 0.3 is 0 Å². The zero-order chi connectivity index (χ0) is 24.1. The van der Waals surface area contributed by atoms with Crippen LogP contribution in [-0.4, -0.2) is 33.7 Å². The number of benzene rings is 2. The van der Waals surface area contributed by atoms with Crippen LogP contribution in [0.4, 0.5) is 11.9 Å². The van der Waals surface area contributed by atoms with E-state index in [0.29, 0.717) is 30.2 Å². The van der Waals surface area contributed by atoms with E-state index in [1.165, 1.54) is 4.90 Å². The molecular weight excluding hydrogens is 466 g/mol. The zero-order valence-electron chi connectivity index (χ0n) is 19.1. The topological polar surface area (TPSA) is 89.3 Å². The molecule has 6 rings (SSSR count). The van der Waals surface area contributed by atoms with Gasteiger partial charge in [-0.25, -0.2) is 9.58 Å². The number of ether oxygens (including phenoxy) is 1. The van der Waals surface area contributed by atoms with Crippen molar-refractivity contribution in [2.75, 3.05) is 17.3 Å². The molecule has 0 unspecified atom stereocenters. The Balaban J connectivity index is 1.42. The molecule has 0 bridgehead atoms. The maximum Gasteiger partial charge on any atom is 0.260 e. The number of rotatable bonds is 4. The first-order valence-corrected chi connectivity index (χ1v) is 12.1. The molecule has 1 N–H and O–H groups in total. The van der Waals surface area contributed by atoms with Crippen molar-refractivity contribution >= 4 is 35.3 Å². The minimum atomic E-state index is -0.340. The SMILES string of the molecule is COc1ccccc1[C@@H]1C[C@H](c2ccc(Cl)cc2)Nc2nc(N3C(=O)[C@@H]4CC=CC[C@H]4C3=O)nn21. The first-order valence-electron chi connectivity index (χ1n) is 11.7. The molecule has 2 aromatic carbocycles. The van der Waals surface area contributed by atoms with Gasteiger partial charge in [0.2, 0.25) is 17.8 Å². The van der Waals surface area contributed by atoms with E-state index >= 15 is 0 Å². The average Bonchev–Trinajstić information content (AvgIpc) is 3.42. The molecule has 0 spiro atoms. The first-order chi connectivity index (χ1) is 17.0. The molecule has 1 saturated heterocycles. The Hall–Kier alpha value is -3.65. The Bertz CT molecular complexity index is 1310. The number of carbonyl (C=O) groups excluding carboxylic acids is 2. The fourth-order valence-electron chi connectivity index (χ4n) is 5.37. The van der Waals surface area contributed by atoms with Crippen molar-refractivity contribution in [2.45, 2.75) is 31.3 Å². The van der Waals surface area contributed by atoms with Crippen molar-refractivity contribution < 1.29 is 14.3 Å². The van der Waals surface area contributed by atoms with Gasteiger partial charge in [0.15, 0.2) is 0 Å². The zero-order valence-corrected chi connectivity index (χ0v) is 19.9. The van der Waals surface area contributed by atoms with E-state index in [1.54, 1.807) is 11.8 Å². The number of nitrogens with zero attached hydrogens (tertiary/aromatic N) is 4. The van der Waals surface area contributed by atoms with Gasteiger partial charge < -0.3 is 10.1 Å². The average molecular weight is 490 g/mol. The Labute approximate surface area is 207 Å². The summed E-state index contributed by atoms with van der Waals surface area (Å²) in [6.45, 7) is 0. The molecule has 3 aromatic rings. The van der Waals surface area contributed by atoms with Gasteiger partial charge in [0, 0.05) is 10.6 Å². The van der Waals surface area contributed by atoms with Gasteiger partial charge in [-0.15, -0.1) is 5.10 Å². The predicted octanol–water partition coefficient (Wildman–Crippen LogP) is 4.54. The molecular formula is C26H24ClN5O3. The lowest BCUT2D eigenvalue weighted by molar-refractivity contribution is -0.122. The van der Waals surface area contributed by atoms with Crippen LogP contribution in [-0.2, 0) is 9.59 Å². The van der Waals surface area contributed by atoms with Crippen molar-refractivity contribution in [3.63, 3.8) is 0 Å². The highest BCUT2D eigenvalue weighted by molar-refractivity contribution is 6.30. The second kappa shape index (κ2) is 8.53. The molecule has 2 aliphatic heterocycles. The number of imide groups is 1. The summed E-state index contributed by atoms with van der Waals surface area (Å²) in [6, 6.07) is 15.2. The van der Waals surface area contributed by atoms with Crippen LogP contribution in [0.2, 0.25) is 5.02 Å². The van der Waals surface area contributed by atoms with Crippen LogP contribution in [0.1, 0.15) is 42.5 Å². The smallest absolute Gasteiger partial charge is 0.260 e. The summed E-state index contributed by atoms with van der Waals surface area (Å²) in [7, 11) is 1.64. The van der Waals surface area contributed by atoms with Crippen LogP contribution >= 0.6 is 11.6 Å². The summed E-state index contributed by atoms with van der Waals surface area (Å²) < 4.78 is 7.41. The molecule has 3 aliphatic rings. The fourth-order valence-corrected chi connectivity index (χ4v) is 5.50. The Kier molecular flexibility index (Phi) is 5.33. The van der Waals surface area contributed by atoms with Crippen LogP contribution in [0.25, 0.3) is 0 Å². The number of methoxy groups -OCH3 is 1. The minimum Gasteiger partial charge on any atom is -0.496 e. The summed E-state index contributed by atoms with van der Waals surface area (Å²) in [6.07, 6.45) is 5.74. The summed E-state index contributed by atoms with van der Waals surface area (Å²) in [5.41, 5.74) is 2.00. The van der Waals surface area contributed by atoms with Gasteiger partial charge in [-0.05, 0) is 43.0 Å². The van der Waals surface area contributed by atoms with Gasteiger partial charge in [0.1, 0.15) is 5.75 Å². The van der Waals surface area contributed by atoms with E-state index in [1.807, 2.05) is 60.7 Å². The van der Waals surface area contributed by atoms with Crippen LogP contribution in [0.5, 0.6) is 5.75 Å². The highest BCUT2D eigenvalue weighted by atomic mass is 35.5. The van der Waals surface area contributed by atoms with Gasteiger partial charge in [0.05, 0.1) is 31.0 Å². The van der Waals surface area contributed by atoms with Crippen molar-refractivity contribution in [3.8, 4) is 5.75 Å². The van der Waals surface area contributed by atoms with Gasteiger partial charge in [-0.2, -0.15) is 4.98 Å². The van der Waals surface area contributed by atoms with Crippen LogP contribution < -0.4 is 15.0 Å². The Morgan fingerprint density at radius 2 is 1.69 bits per heavy atom. The van der Waals surface area contributed by atoms with Crippen molar-refractivity contribution in [1.82, 2.24) is 14.8 Å². The first kappa shape index (κ1) is 21.9. The molecule has 1 aliphatic carbocycles. The third kappa shape index (κ3) is 3.60. The number of halogens is 1. The molecule has 178 valence electrons. The summed E-state index contributed by atoms with van der Waals surface area (Å²) in [5.74, 6) is 0.221. The monoisotopic (exact) mass is 489 g/mol. The second-order valence-electron chi connectivity index (χ2n) is 9.09. The lowest BCUT2D eigenvalue weighted by atomic mass is 9.85. The molecule has 2 amide bonds. The predicted molar refractivity (Wildman–Crippen MR) is 131 cm³/mol. The number of para-hydroxylation sites is 1. The third-order valence-electron chi connectivity index (χ3n) is 7.16. The number of allylic oxidation sites excluding steroid dienone is 2. The normalized spacial score (nSPS) is 25.3. The molecule has 4 atom stereocenters. The number of anilines is 2. The highest BCUT2D eigenvalue weighted by Crippen LogP contribution is 2.43. The van der Waals surface area contributed by atoms with E-state index in [-0.39, 0.29) is 41.7 Å². The maximum absolute atomic E-state index is 13.2. The number of nitrogens with one attached hydrogen (secondary N) is 1. The van der Waals surface area contributed by atoms with Crippen LogP contribution in [0, 0.1) is 11.8 Å². The van der Waals surface area contributed by atoms with Gasteiger partial charge in [0.25, 0.3) is 5.95 Å². The molecule has 8 nitrogen and oxygen atoms in total. The van der Waals surface area contributed by atoms with Crippen LogP contribution in [0.15, 0.2) is 60.7 Å². The van der Waals surface area contributed by atoms with E-state index in [0.717, 1.165) is 16.9 Å². The standard InChI is InChI=1S/C26H24ClN5O3/c1-35-22-9-5-4-8-19(22)21-14-20(15-10-12-16(27)13-11-15)28-25-29-26(30-32(21)25)31-23(33)17-6-2-3-7-18(17)24(31)34/h2-5,8-13,17-18,20-21H,6-7,14H2,1H3,(H,28,29,30)/t17-,18-,20-,21+/m1/s1. The molecule has 1 aromatic heterocycles. The molecule has 3 heterocycles. The van der Waals surface area contributed by atoms with Gasteiger partial charge in [-0.3, -0.25) is 9.59 Å². The molecule has 0 radical (unpaired) electrons. The quantitative estimate of drug-likeness (QED) is 0.427. The number of hydrogen-bond donors (Lipinski definition) is 1. The molecule has 1 fully saturated rings. The number of aromatic nitrogens is 3. The van der Waals surface area contributed by atoms with Gasteiger partial charge in [-0.1, -0.05) is 54.1 Å². The Morgan fingerprint density at radius 3 is 2.37 bits per heavy atom. The fraction of sp³-hybridized carbons (Fsp3) is 0.308. The van der Waals surface area contributed by atoms with Crippen molar-refractivity contribution in [3.05, 3.63) is 76.8 Å². The number of fused-ring (bicyclic) bond motifs is 2. The molecule has 0 saturated carbocycles. The highest BCUT2D eigenvalue weighted by Gasteiger charge is 2.50. The number of amides is 2. The lowest BCUT2D eigenvalue weighted by Crippen LogP contribution is -2.32. The Morgan fingerprint density at radius 1 is 1.00 bits per heavy atom. The van der Waals surface area contributed by atoms with E-state index in [4.69, 9.17) is 21.4 Å². The van der Waals surface area contributed by atoms with E-state index < -0.39 is 0 Å². The number of carbonyl (C=O) groups is 2. The van der Waals surface area contributed by atoms with Crippen LogP contribution in [0.3, 0.4) is 0 Å². The minimum absolute atomic E-state index is 0.0801. The van der Waals surface area contributed by atoms with E-state index in [9.17, 15) is 9.59 Å². The van der Waals surface area contributed by atoms with Crippen molar-refractivity contribution in [2.24, 2.45) is 11.8 Å². The number of hydrogen-bond acceptors (Lipinski definition) is 6. The maximum atomic E-state index is 13.2. The summed E-state index contributed by atoms with van der Waals surface area (Å²) >= 11 is 6.11. The lowest BCUT2D eigenvalue weighted by Gasteiger charge is -2.32. The summed E-state index contributed by atoms with van der Waals surface area (Å²) in [5, 5.41) is 8.81. The second-order valence-corrected chi connectivity index (χ2v) is 9.53. The molecule has 9 heteroatoms. The molecule has 35 heavy (non-hydrogen) atoms.